The second-order valence-corrected chi connectivity index (χ2v) is 5.69. The number of pyridine rings is 1. The number of aromatic nitrogens is 1. The summed E-state index contributed by atoms with van der Waals surface area (Å²) in [5, 5.41) is 5.63. The van der Waals surface area contributed by atoms with E-state index in [9.17, 15) is 0 Å². The smallest absolute Gasteiger partial charge is 0.0470 e. The fraction of sp³-hybridized carbons (Fsp3) is 0.308. The van der Waals surface area contributed by atoms with Crippen LogP contribution < -0.4 is 5.32 Å². The summed E-state index contributed by atoms with van der Waals surface area (Å²) in [6.45, 7) is 3.11. The maximum absolute atomic E-state index is 4.43. The van der Waals surface area contributed by atoms with E-state index in [0.29, 0.717) is 6.04 Å². The van der Waals surface area contributed by atoms with Gasteiger partial charge in [-0.3, -0.25) is 4.98 Å². The Hall–Kier alpha value is -0.710. The zero-order chi connectivity index (χ0) is 12.1. The average Bonchev–Trinajstić information content (AvgIpc) is 2.85. The maximum Gasteiger partial charge on any atom is 0.0470 e. The Morgan fingerprint density at radius 3 is 2.88 bits per heavy atom. The second kappa shape index (κ2) is 6.28. The van der Waals surface area contributed by atoms with Crippen LogP contribution in [0.2, 0.25) is 0 Å². The molecule has 2 aromatic rings. The predicted octanol–water partition coefficient (Wildman–Crippen LogP) is 3.80. The van der Waals surface area contributed by atoms with Gasteiger partial charge in [-0.25, -0.2) is 0 Å². The molecule has 2 rings (SSSR count). The van der Waals surface area contributed by atoms with Crippen LogP contribution in [0, 0.1) is 0 Å². The van der Waals surface area contributed by atoms with Crippen molar-refractivity contribution >= 4 is 27.3 Å². The molecule has 2 nitrogen and oxygen atoms in total. The SMILES string of the molecule is CCNC(Cc1ccc(Br)cn1)c1cccs1. The predicted molar refractivity (Wildman–Crippen MR) is 76.4 cm³/mol. The van der Waals surface area contributed by atoms with Crippen molar-refractivity contribution in [1.82, 2.24) is 10.3 Å². The lowest BCUT2D eigenvalue weighted by molar-refractivity contribution is 0.552. The molecule has 0 fully saturated rings. The van der Waals surface area contributed by atoms with Gasteiger partial charge < -0.3 is 5.32 Å². The van der Waals surface area contributed by atoms with Crippen LogP contribution in [0.25, 0.3) is 0 Å². The summed E-state index contributed by atoms with van der Waals surface area (Å²) in [5.41, 5.74) is 1.12. The Kier molecular flexibility index (Phi) is 4.71. The van der Waals surface area contributed by atoms with Crippen LogP contribution >= 0.6 is 27.3 Å². The first-order chi connectivity index (χ1) is 8.29. The van der Waals surface area contributed by atoms with Gasteiger partial charge in [-0.05, 0) is 46.1 Å². The highest BCUT2D eigenvalue weighted by atomic mass is 79.9. The van der Waals surface area contributed by atoms with E-state index in [0.717, 1.165) is 23.1 Å². The molecule has 0 radical (unpaired) electrons. The molecular formula is C13H15BrN2S. The first-order valence-electron chi connectivity index (χ1n) is 5.67. The van der Waals surface area contributed by atoms with Crippen LogP contribution in [0.3, 0.4) is 0 Å². The van der Waals surface area contributed by atoms with E-state index in [2.05, 4.69) is 56.7 Å². The normalized spacial score (nSPS) is 12.6. The number of likely N-dealkylation sites (N-methyl/N-ethyl adjacent to an activating group) is 1. The summed E-state index contributed by atoms with van der Waals surface area (Å²) in [4.78, 5) is 5.80. The monoisotopic (exact) mass is 310 g/mol. The van der Waals surface area contributed by atoms with E-state index in [1.165, 1.54) is 4.88 Å². The Balaban J connectivity index is 2.10. The quantitative estimate of drug-likeness (QED) is 0.908. The number of halogens is 1. The molecule has 0 aliphatic rings. The molecule has 0 spiro atoms. The fourth-order valence-electron chi connectivity index (χ4n) is 1.75. The maximum atomic E-state index is 4.43. The molecule has 2 heterocycles. The number of thiophene rings is 1. The van der Waals surface area contributed by atoms with E-state index in [4.69, 9.17) is 0 Å². The third-order valence-corrected chi connectivity index (χ3v) is 3.99. The average molecular weight is 311 g/mol. The Bertz CT molecular complexity index is 439. The van der Waals surface area contributed by atoms with Crippen LogP contribution in [-0.4, -0.2) is 11.5 Å². The highest BCUT2D eigenvalue weighted by molar-refractivity contribution is 9.10. The van der Waals surface area contributed by atoms with Gasteiger partial charge >= 0.3 is 0 Å². The summed E-state index contributed by atoms with van der Waals surface area (Å²) >= 11 is 5.20. The topological polar surface area (TPSA) is 24.9 Å². The zero-order valence-corrected chi connectivity index (χ0v) is 12.1. The zero-order valence-electron chi connectivity index (χ0n) is 9.69. The molecule has 2 aromatic heterocycles. The minimum absolute atomic E-state index is 0.369. The summed E-state index contributed by atoms with van der Waals surface area (Å²) in [7, 11) is 0. The van der Waals surface area contributed by atoms with Crippen molar-refractivity contribution in [2.45, 2.75) is 19.4 Å². The molecule has 17 heavy (non-hydrogen) atoms. The Morgan fingerprint density at radius 2 is 2.29 bits per heavy atom. The van der Waals surface area contributed by atoms with Gasteiger partial charge in [-0.2, -0.15) is 0 Å². The lowest BCUT2D eigenvalue weighted by Crippen LogP contribution is -2.22. The minimum Gasteiger partial charge on any atom is -0.309 e. The van der Waals surface area contributed by atoms with Crippen LogP contribution in [0.5, 0.6) is 0 Å². The number of nitrogens with zero attached hydrogens (tertiary/aromatic N) is 1. The van der Waals surface area contributed by atoms with Crippen molar-refractivity contribution < 1.29 is 0 Å². The molecule has 4 heteroatoms. The second-order valence-electron chi connectivity index (χ2n) is 3.80. The number of nitrogens with one attached hydrogen (secondary N) is 1. The van der Waals surface area contributed by atoms with Gasteiger partial charge in [0.2, 0.25) is 0 Å². The molecule has 0 aromatic carbocycles. The highest BCUT2D eigenvalue weighted by Crippen LogP contribution is 2.22. The van der Waals surface area contributed by atoms with E-state index in [-0.39, 0.29) is 0 Å². The van der Waals surface area contributed by atoms with Crippen LogP contribution in [0.1, 0.15) is 23.5 Å². The molecule has 0 bridgehead atoms. The molecule has 0 aliphatic carbocycles. The lowest BCUT2D eigenvalue weighted by Gasteiger charge is -2.15. The standard InChI is InChI=1S/C13H15BrN2S/c1-2-15-12(13-4-3-7-17-13)8-11-6-5-10(14)9-16-11/h3-7,9,12,15H,2,8H2,1H3. The molecule has 0 saturated carbocycles. The van der Waals surface area contributed by atoms with Crippen molar-refractivity contribution in [3.63, 3.8) is 0 Å². The van der Waals surface area contributed by atoms with Crippen molar-refractivity contribution in [3.8, 4) is 0 Å². The van der Waals surface area contributed by atoms with E-state index in [1.54, 1.807) is 11.3 Å². The Labute approximate surface area is 114 Å². The van der Waals surface area contributed by atoms with Gasteiger partial charge in [0.25, 0.3) is 0 Å². The third-order valence-electron chi connectivity index (χ3n) is 2.54. The van der Waals surface area contributed by atoms with Crippen LogP contribution in [-0.2, 0) is 6.42 Å². The van der Waals surface area contributed by atoms with Crippen LogP contribution in [0.15, 0.2) is 40.3 Å². The van der Waals surface area contributed by atoms with E-state index >= 15 is 0 Å². The summed E-state index contributed by atoms with van der Waals surface area (Å²) < 4.78 is 1.03. The third kappa shape index (κ3) is 3.63. The Morgan fingerprint density at radius 1 is 1.41 bits per heavy atom. The number of rotatable bonds is 5. The summed E-state index contributed by atoms with van der Waals surface area (Å²) in [5.74, 6) is 0. The van der Waals surface area contributed by atoms with E-state index < -0.39 is 0 Å². The molecule has 90 valence electrons. The largest absolute Gasteiger partial charge is 0.309 e. The molecular weight excluding hydrogens is 296 g/mol. The van der Waals surface area contributed by atoms with Gasteiger partial charge in [0.05, 0.1) is 0 Å². The molecule has 0 amide bonds. The van der Waals surface area contributed by atoms with Gasteiger partial charge in [0.15, 0.2) is 0 Å². The van der Waals surface area contributed by atoms with Crippen molar-refractivity contribution in [2.75, 3.05) is 6.54 Å². The van der Waals surface area contributed by atoms with Gasteiger partial charge in [0, 0.05) is 33.7 Å². The van der Waals surface area contributed by atoms with E-state index in [1.807, 2.05) is 12.3 Å². The highest BCUT2D eigenvalue weighted by Gasteiger charge is 2.12. The first-order valence-corrected chi connectivity index (χ1v) is 7.34. The molecule has 1 atom stereocenters. The van der Waals surface area contributed by atoms with Gasteiger partial charge in [-0.1, -0.05) is 13.0 Å². The van der Waals surface area contributed by atoms with Crippen LogP contribution in [0.4, 0.5) is 0 Å². The number of hydrogen-bond acceptors (Lipinski definition) is 3. The minimum atomic E-state index is 0.369. The fourth-order valence-corrected chi connectivity index (χ4v) is 2.78. The van der Waals surface area contributed by atoms with Gasteiger partial charge in [0.1, 0.15) is 0 Å². The lowest BCUT2D eigenvalue weighted by atomic mass is 10.1. The summed E-state index contributed by atoms with van der Waals surface area (Å²) in [6.07, 6.45) is 2.79. The first kappa shape index (κ1) is 12.7. The number of hydrogen-bond donors (Lipinski definition) is 1. The van der Waals surface area contributed by atoms with Gasteiger partial charge in [-0.15, -0.1) is 11.3 Å². The van der Waals surface area contributed by atoms with Crippen molar-refractivity contribution in [1.29, 1.82) is 0 Å². The molecule has 1 N–H and O–H groups in total. The molecule has 1 unspecified atom stereocenters. The molecule has 0 saturated heterocycles. The van der Waals surface area contributed by atoms with Crippen molar-refractivity contribution in [2.24, 2.45) is 0 Å². The summed E-state index contributed by atoms with van der Waals surface area (Å²) in [6, 6.07) is 8.76. The molecule has 0 aliphatic heterocycles. The van der Waals surface area contributed by atoms with Crippen molar-refractivity contribution in [3.05, 3.63) is 50.9 Å².